The van der Waals surface area contributed by atoms with Crippen LogP contribution in [0.5, 0.6) is 0 Å². The number of aromatic nitrogens is 5. The second-order valence-electron chi connectivity index (χ2n) is 5.82. The summed E-state index contributed by atoms with van der Waals surface area (Å²) in [5.74, 6) is 0.838. The van der Waals surface area contributed by atoms with Crippen LogP contribution < -0.4 is 0 Å². The number of benzene rings is 2. The molecule has 2 aromatic heterocycles. The monoisotopic (exact) mass is 303 g/mol. The number of para-hydroxylation sites is 1. The minimum Gasteiger partial charge on any atom is -0.334 e. The molecular formula is C18H17N5. The quantitative estimate of drug-likeness (QED) is 0.570. The summed E-state index contributed by atoms with van der Waals surface area (Å²) in [6.07, 6.45) is 3.60. The van der Waals surface area contributed by atoms with Gasteiger partial charge in [-0.25, -0.2) is 4.98 Å². The van der Waals surface area contributed by atoms with Gasteiger partial charge in [0.05, 0.1) is 23.0 Å². The van der Waals surface area contributed by atoms with Crippen molar-refractivity contribution in [1.82, 2.24) is 24.3 Å². The molecule has 0 atom stereocenters. The third kappa shape index (κ3) is 2.12. The second kappa shape index (κ2) is 5.05. The van der Waals surface area contributed by atoms with Crippen LogP contribution in [0.15, 0.2) is 49.1 Å². The van der Waals surface area contributed by atoms with Gasteiger partial charge in [-0.05, 0) is 43.2 Å². The predicted octanol–water partition coefficient (Wildman–Crippen LogP) is 3.44. The minimum absolute atomic E-state index is 0.838. The van der Waals surface area contributed by atoms with Crippen molar-refractivity contribution in [2.75, 3.05) is 0 Å². The molecule has 0 spiro atoms. The third-order valence-electron chi connectivity index (χ3n) is 4.21. The third-order valence-corrected chi connectivity index (χ3v) is 4.21. The van der Waals surface area contributed by atoms with Gasteiger partial charge in [0.25, 0.3) is 0 Å². The molecule has 0 radical (unpaired) electrons. The SMILES string of the molecule is Cc1cccc(C)c1-n1cnnc1-c1ccc2ncn(C)c2c1. The van der Waals surface area contributed by atoms with E-state index in [-0.39, 0.29) is 0 Å². The topological polar surface area (TPSA) is 48.5 Å². The summed E-state index contributed by atoms with van der Waals surface area (Å²) in [5.41, 5.74) is 6.63. The van der Waals surface area contributed by atoms with Gasteiger partial charge in [-0.15, -0.1) is 10.2 Å². The van der Waals surface area contributed by atoms with Crippen LogP contribution in [-0.4, -0.2) is 24.3 Å². The zero-order valence-electron chi connectivity index (χ0n) is 13.4. The lowest BCUT2D eigenvalue weighted by Crippen LogP contribution is -2.01. The molecular weight excluding hydrogens is 286 g/mol. The first-order valence-corrected chi connectivity index (χ1v) is 7.53. The number of nitrogens with zero attached hydrogens (tertiary/aromatic N) is 5. The summed E-state index contributed by atoms with van der Waals surface area (Å²) in [6, 6.07) is 12.5. The summed E-state index contributed by atoms with van der Waals surface area (Å²) in [6.45, 7) is 4.22. The maximum absolute atomic E-state index is 4.37. The number of hydrogen-bond acceptors (Lipinski definition) is 3. The van der Waals surface area contributed by atoms with E-state index in [1.165, 1.54) is 11.1 Å². The lowest BCUT2D eigenvalue weighted by Gasteiger charge is -2.13. The van der Waals surface area contributed by atoms with E-state index in [9.17, 15) is 0 Å². The van der Waals surface area contributed by atoms with Crippen molar-refractivity contribution < 1.29 is 0 Å². The Labute approximate surface area is 134 Å². The molecule has 0 saturated carbocycles. The number of hydrogen-bond donors (Lipinski definition) is 0. The standard InChI is InChI=1S/C18H17N5/c1-12-5-4-6-13(2)17(12)23-11-20-21-18(23)14-7-8-15-16(9-14)22(3)10-19-15/h4-11H,1-3H3. The van der Waals surface area contributed by atoms with Gasteiger partial charge in [0, 0.05) is 12.6 Å². The lowest BCUT2D eigenvalue weighted by molar-refractivity contribution is 0.947. The van der Waals surface area contributed by atoms with Crippen molar-refractivity contribution in [3.05, 3.63) is 60.2 Å². The smallest absolute Gasteiger partial charge is 0.168 e. The Morgan fingerprint density at radius 3 is 2.52 bits per heavy atom. The van der Waals surface area contributed by atoms with E-state index in [0.29, 0.717) is 0 Å². The first-order chi connectivity index (χ1) is 11.1. The van der Waals surface area contributed by atoms with E-state index in [1.54, 1.807) is 6.33 Å². The van der Waals surface area contributed by atoms with Gasteiger partial charge in [-0.2, -0.15) is 0 Å². The zero-order chi connectivity index (χ0) is 16.0. The van der Waals surface area contributed by atoms with Crippen molar-refractivity contribution in [1.29, 1.82) is 0 Å². The molecule has 0 aliphatic heterocycles. The van der Waals surface area contributed by atoms with E-state index in [1.807, 2.05) is 30.1 Å². The molecule has 0 aliphatic carbocycles. The summed E-state index contributed by atoms with van der Waals surface area (Å²) >= 11 is 0. The average Bonchev–Trinajstić information content (AvgIpc) is 3.15. The fourth-order valence-corrected chi connectivity index (χ4v) is 3.05. The normalized spacial score (nSPS) is 11.3. The fourth-order valence-electron chi connectivity index (χ4n) is 3.05. The van der Waals surface area contributed by atoms with Crippen molar-refractivity contribution in [3.63, 3.8) is 0 Å². The second-order valence-corrected chi connectivity index (χ2v) is 5.82. The number of imidazole rings is 1. The Bertz CT molecular complexity index is 989. The highest BCUT2D eigenvalue weighted by atomic mass is 15.3. The molecule has 4 rings (SSSR count). The van der Waals surface area contributed by atoms with Gasteiger partial charge in [-0.1, -0.05) is 18.2 Å². The fraction of sp³-hybridized carbons (Fsp3) is 0.167. The average molecular weight is 303 g/mol. The number of aryl methyl sites for hydroxylation is 3. The maximum atomic E-state index is 4.37. The Kier molecular flexibility index (Phi) is 3.01. The highest BCUT2D eigenvalue weighted by molar-refractivity contribution is 5.81. The van der Waals surface area contributed by atoms with Crippen molar-refractivity contribution in [3.8, 4) is 17.1 Å². The highest BCUT2D eigenvalue weighted by Gasteiger charge is 2.13. The lowest BCUT2D eigenvalue weighted by atomic mass is 10.1. The van der Waals surface area contributed by atoms with E-state index < -0.39 is 0 Å². The zero-order valence-corrected chi connectivity index (χ0v) is 13.4. The molecule has 0 amide bonds. The molecule has 2 aromatic carbocycles. The van der Waals surface area contributed by atoms with Gasteiger partial charge >= 0.3 is 0 Å². The molecule has 5 nitrogen and oxygen atoms in total. The van der Waals surface area contributed by atoms with Gasteiger partial charge in [0.2, 0.25) is 0 Å². The van der Waals surface area contributed by atoms with Crippen molar-refractivity contribution in [2.24, 2.45) is 7.05 Å². The Hall–Kier alpha value is -2.95. The van der Waals surface area contributed by atoms with Gasteiger partial charge in [0.15, 0.2) is 5.82 Å². The van der Waals surface area contributed by atoms with E-state index in [4.69, 9.17) is 0 Å². The van der Waals surface area contributed by atoms with Crippen LogP contribution in [0, 0.1) is 13.8 Å². The first kappa shape index (κ1) is 13.7. The molecule has 0 bridgehead atoms. The molecule has 114 valence electrons. The highest BCUT2D eigenvalue weighted by Crippen LogP contribution is 2.27. The molecule has 23 heavy (non-hydrogen) atoms. The van der Waals surface area contributed by atoms with Gasteiger partial charge in [0.1, 0.15) is 6.33 Å². The summed E-state index contributed by atoms with van der Waals surface area (Å²) < 4.78 is 4.07. The van der Waals surface area contributed by atoms with Crippen LogP contribution in [0.3, 0.4) is 0 Å². The number of fused-ring (bicyclic) bond motifs is 1. The van der Waals surface area contributed by atoms with Gasteiger partial charge < -0.3 is 4.57 Å². The van der Waals surface area contributed by atoms with Crippen molar-refractivity contribution in [2.45, 2.75) is 13.8 Å². The molecule has 0 aliphatic rings. The maximum Gasteiger partial charge on any atom is 0.168 e. The molecule has 2 heterocycles. The minimum atomic E-state index is 0.838. The molecule has 0 N–H and O–H groups in total. The van der Waals surface area contributed by atoms with E-state index in [2.05, 4.69) is 57.9 Å². The predicted molar refractivity (Wildman–Crippen MR) is 90.5 cm³/mol. The summed E-state index contributed by atoms with van der Waals surface area (Å²) in [7, 11) is 2.00. The molecule has 4 aromatic rings. The molecule has 0 fully saturated rings. The van der Waals surface area contributed by atoms with E-state index >= 15 is 0 Å². The Balaban J connectivity index is 1.93. The van der Waals surface area contributed by atoms with Crippen LogP contribution in [-0.2, 0) is 7.05 Å². The van der Waals surface area contributed by atoms with Crippen LogP contribution in [0.2, 0.25) is 0 Å². The summed E-state index contributed by atoms with van der Waals surface area (Å²) in [4.78, 5) is 4.37. The van der Waals surface area contributed by atoms with Crippen LogP contribution in [0.4, 0.5) is 0 Å². The summed E-state index contributed by atoms with van der Waals surface area (Å²) in [5, 5.41) is 8.49. The Morgan fingerprint density at radius 2 is 1.74 bits per heavy atom. The van der Waals surface area contributed by atoms with Crippen LogP contribution in [0.1, 0.15) is 11.1 Å². The molecule has 5 heteroatoms. The van der Waals surface area contributed by atoms with E-state index in [0.717, 1.165) is 28.1 Å². The van der Waals surface area contributed by atoms with Crippen molar-refractivity contribution >= 4 is 11.0 Å². The number of rotatable bonds is 2. The van der Waals surface area contributed by atoms with Crippen LogP contribution >= 0.6 is 0 Å². The van der Waals surface area contributed by atoms with Gasteiger partial charge in [-0.3, -0.25) is 4.57 Å². The molecule has 0 unspecified atom stereocenters. The largest absolute Gasteiger partial charge is 0.334 e. The molecule has 0 saturated heterocycles. The first-order valence-electron chi connectivity index (χ1n) is 7.53. The van der Waals surface area contributed by atoms with Crippen LogP contribution in [0.25, 0.3) is 28.1 Å². The Morgan fingerprint density at radius 1 is 0.957 bits per heavy atom.